The molecular weight excluding hydrogens is 350 g/mol. The number of anilines is 1. The van der Waals surface area contributed by atoms with Crippen LogP contribution in [0, 0.1) is 0 Å². The van der Waals surface area contributed by atoms with Gasteiger partial charge in [0.25, 0.3) is 0 Å². The van der Waals surface area contributed by atoms with E-state index in [2.05, 4.69) is 32.4 Å². The summed E-state index contributed by atoms with van der Waals surface area (Å²) in [5.74, 6) is 1.59. The van der Waals surface area contributed by atoms with Crippen LogP contribution in [0.2, 0.25) is 0 Å². The number of hydrogen-bond donors (Lipinski definition) is 2. The molecular formula is C22H25N5O. The molecule has 3 aromatic rings. The van der Waals surface area contributed by atoms with E-state index in [9.17, 15) is 5.11 Å². The van der Waals surface area contributed by atoms with Crippen molar-refractivity contribution in [2.45, 2.75) is 37.6 Å². The average molecular weight is 375 g/mol. The maximum atomic E-state index is 10.9. The van der Waals surface area contributed by atoms with Crippen LogP contribution in [0.5, 0.6) is 5.75 Å². The van der Waals surface area contributed by atoms with Gasteiger partial charge in [-0.05, 0) is 62.9 Å². The van der Waals surface area contributed by atoms with Crippen molar-refractivity contribution in [1.82, 2.24) is 20.1 Å². The third-order valence-corrected chi connectivity index (χ3v) is 5.89. The molecule has 1 aliphatic heterocycles. The molecule has 1 atom stereocenters. The highest BCUT2D eigenvalue weighted by molar-refractivity contribution is 6.00. The number of rotatable bonds is 4. The number of likely N-dealkylation sites (tertiary alicyclic amines) is 1. The van der Waals surface area contributed by atoms with Gasteiger partial charge in [-0.15, -0.1) is 10.2 Å². The number of pyridine rings is 1. The van der Waals surface area contributed by atoms with Gasteiger partial charge in [-0.1, -0.05) is 12.1 Å². The number of aromatic hydroxyl groups is 1. The van der Waals surface area contributed by atoms with Crippen molar-refractivity contribution < 1.29 is 5.11 Å². The molecule has 0 unspecified atom stereocenters. The summed E-state index contributed by atoms with van der Waals surface area (Å²) in [6.45, 7) is 2.14. The molecule has 2 fully saturated rings. The SMILES string of the molecule is CN1CCC[C@@H](Nc2nnc(-c3cccc(C4CC4)c3O)c3ccncc23)C1. The Labute approximate surface area is 164 Å². The Morgan fingerprint density at radius 3 is 2.82 bits per heavy atom. The number of aromatic nitrogens is 3. The Hall–Kier alpha value is -2.73. The standard InChI is InChI=1S/C22H25N5O/c1-27-11-3-4-15(13-27)24-22-19-12-23-10-9-17(19)20(25-26-22)18-6-2-5-16(21(18)28)14-7-8-14/h2,5-6,9-10,12,14-15,28H,3-4,7-8,11,13H2,1H3,(H,24,26)/t15-/m1/s1. The van der Waals surface area contributed by atoms with Gasteiger partial charge in [-0.2, -0.15) is 0 Å². The van der Waals surface area contributed by atoms with Gasteiger partial charge in [0.05, 0.1) is 0 Å². The Morgan fingerprint density at radius 1 is 1.11 bits per heavy atom. The fourth-order valence-corrected chi connectivity index (χ4v) is 4.26. The van der Waals surface area contributed by atoms with E-state index in [1.54, 1.807) is 6.20 Å². The van der Waals surface area contributed by atoms with Crippen molar-refractivity contribution in [2.24, 2.45) is 0 Å². The van der Waals surface area contributed by atoms with Crippen molar-refractivity contribution in [3.63, 3.8) is 0 Å². The second kappa shape index (κ2) is 7.02. The van der Waals surface area contributed by atoms with E-state index >= 15 is 0 Å². The van der Waals surface area contributed by atoms with E-state index in [1.165, 1.54) is 6.42 Å². The molecule has 0 radical (unpaired) electrons. The normalized spacial score (nSPS) is 20.4. The molecule has 5 rings (SSSR count). The predicted octanol–water partition coefficient (Wildman–Crippen LogP) is 3.78. The van der Waals surface area contributed by atoms with Gasteiger partial charge in [0, 0.05) is 41.3 Å². The topological polar surface area (TPSA) is 74.2 Å². The van der Waals surface area contributed by atoms with E-state index in [0.29, 0.717) is 23.4 Å². The molecule has 2 N–H and O–H groups in total. The third-order valence-electron chi connectivity index (χ3n) is 5.89. The van der Waals surface area contributed by atoms with Crippen LogP contribution in [-0.2, 0) is 0 Å². The highest BCUT2D eigenvalue weighted by atomic mass is 16.3. The van der Waals surface area contributed by atoms with Crippen molar-refractivity contribution >= 4 is 16.6 Å². The average Bonchev–Trinajstić information content (AvgIpc) is 3.54. The minimum atomic E-state index is 0.340. The molecule has 6 nitrogen and oxygen atoms in total. The van der Waals surface area contributed by atoms with E-state index in [4.69, 9.17) is 0 Å². The molecule has 2 aliphatic rings. The minimum absolute atomic E-state index is 0.340. The number of para-hydroxylation sites is 1. The van der Waals surface area contributed by atoms with Gasteiger partial charge >= 0.3 is 0 Å². The fraction of sp³-hybridized carbons (Fsp3) is 0.409. The number of fused-ring (bicyclic) bond motifs is 1. The zero-order chi connectivity index (χ0) is 19.1. The molecule has 0 spiro atoms. The molecule has 28 heavy (non-hydrogen) atoms. The van der Waals surface area contributed by atoms with Crippen LogP contribution in [0.15, 0.2) is 36.7 Å². The smallest absolute Gasteiger partial charge is 0.158 e. The summed E-state index contributed by atoms with van der Waals surface area (Å²) in [5.41, 5.74) is 2.48. The van der Waals surface area contributed by atoms with Crippen LogP contribution < -0.4 is 5.32 Å². The van der Waals surface area contributed by atoms with E-state index < -0.39 is 0 Å². The number of benzene rings is 1. The van der Waals surface area contributed by atoms with Crippen LogP contribution in [0.25, 0.3) is 22.0 Å². The molecule has 6 heteroatoms. The van der Waals surface area contributed by atoms with Crippen LogP contribution in [0.4, 0.5) is 5.82 Å². The monoisotopic (exact) mass is 375 g/mol. The van der Waals surface area contributed by atoms with Crippen molar-refractivity contribution in [1.29, 1.82) is 0 Å². The van der Waals surface area contributed by atoms with Gasteiger partial charge in [0.1, 0.15) is 11.4 Å². The fourth-order valence-electron chi connectivity index (χ4n) is 4.26. The van der Waals surface area contributed by atoms with Gasteiger partial charge in [0.15, 0.2) is 5.82 Å². The molecule has 2 aromatic heterocycles. The zero-order valence-corrected chi connectivity index (χ0v) is 16.1. The number of hydrogen-bond acceptors (Lipinski definition) is 6. The molecule has 1 saturated carbocycles. The van der Waals surface area contributed by atoms with Gasteiger partial charge in [0.2, 0.25) is 0 Å². The summed E-state index contributed by atoms with van der Waals surface area (Å²) >= 11 is 0. The Kier molecular flexibility index (Phi) is 4.36. The van der Waals surface area contributed by atoms with E-state index in [0.717, 1.165) is 60.1 Å². The summed E-state index contributed by atoms with van der Waals surface area (Å²) in [7, 11) is 2.15. The zero-order valence-electron chi connectivity index (χ0n) is 16.1. The Bertz CT molecular complexity index is 1020. The number of phenolic OH excluding ortho intramolecular Hbond substituents is 1. The molecule has 1 aromatic carbocycles. The molecule has 3 heterocycles. The first kappa shape index (κ1) is 17.4. The van der Waals surface area contributed by atoms with Crippen LogP contribution in [-0.4, -0.2) is 51.4 Å². The quantitative estimate of drug-likeness (QED) is 0.723. The Morgan fingerprint density at radius 2 is 2.00 bits per heavy atom. The summed E-state index contributed by atoms with van der Waals surface area (Å²) in [6, 6.07) is 8.26. The lowest BCUT2D eigenvalue weighted by molar-refractivity contribution is 0.261. The van der Waals surface area contributed by atoms with E-state index in [1.807, 2.05) is 30.5 Å². The predicted molar refractivity (Wildman–Crippen MR) is 111 cm³/mol. The van der Waals surface area contributed by atoms with Crippen molar-refractivity contribution in [2.75, 3.05) is 25.5 Å². The second-order valence-corrected chi connectivity index (χ2v) is 8.08. The highest BCUT2D eigenvalue weighted by Crippen LogP contribution is 2.47. The lowest BCUT2D eigenvalue weighted by atomic mass is 10.00. The summed E-state index contributed by atoms with van der Waals surface area (Å²) in [4.78, 5) is 6.65. The number of likely N-dealkylation sites (N-methyl/N-ethyl adjacent to an activating group) is 1. The first-order valence-electron chi connectivity index (χ1n) is 10.1. The summed E-state index contributed by atoms with van der Waals surface area (Å²) in [6.07, 6.45) is 8.20. The molecule has 1 saturated heterocycles. The maximum absolute atomic E-state index is 10.9. The maximum Gasteiger partial charge on any atom is 0.158 e. The number of nitrogens with zero attached hydrogens (tertiary/aromatic N) is 4. The lowest BCUT2D eigenvalue weighted by Gasteiger charge is -2.30. The first-order chi connectivity index (χ1) is 13.7. The molecule has 1 aliphatic carbocycles. The minimum Gasteiger partial charge on any atom is -0.507 e. The second-order valence-electron chi connectivity index (χ2n) is 8.08. The largest absolute Gasteiger partial charge is 0.507 e. The van der Waals surface area contributed by atoms with Crippen LogP contribution in [0.1, 0.15) is 37.2 Å². The van der Waals surface area contributed by atoms with Crippen molar-refractivity contribution in [3.8, 4) is 17.0 Å². The molecule has 0 bridgehead atoms. The third kappa shape index (κ3) is 3.18. The van der Waals surface area contributed by atoms with E-state index in [-0.39, 0.29) is 0 Å². The van der Waals surface area contributed by atoms with Gasteiger partial charge in [-0.3, -0.25) is 4.98 Å². The summed E-state index contributed by atoms with van der Waals surface area (Å²) < 4.78 is 0. The number of piperidine rings is 1. The van der Waals surface area contributed by atoms with Gasteiger partial charge in [-0.25, -0.2) is 0 Å². The first-order valence-corrected chi connectivity index (χ1v) is 10.1. The molecule has 0 amide bonds. The van der Waals surface area contributed by atoms with Gasteiger partial charge < -0.3 is 15.3 Å². The number of nitrogens with one attached hydrogen (secondary N) is 1. The molecule has 144 valence electrons. The lowest BCUT2D eigenvalue weighted by Crippen LogP contribution is -2.40. The number of phenols is 1. The van der Waals surface area contributed by atoms with Crippen LogP contribution >= 0.6 is 0 Å². The Balaban J connectivity index is 1.56. The van der Waals surface area contributed by atoms with Crippen molar-refractivity contribution in [3.05, 3.63) is 42.2 Å². The highest BCUT2D eigenvalue weighted by Gasteiger charge is 2.28. The van der Waals surface area contributed by atoms with Crippen LogP contribution in [0.3, 0.4) is 0 Å². The summed E-state index contributed by atoms with van der Waals surface area (Å²) in [5, 5.41) is 25.4.